The van der Waals surface area contributed by atoms with Gasteiger partial charge in [0.1, 0.15) is 4.90 Å². The molecule has 1 aromatic carbocycles. The first-order chi connectivity index (χ1) is 8.15. The van der Waals surface area contributed by atoms with Crippen LogP contribution >= 0.6 is 39.1 Å². The van der Waals surface area contributed by atoms with E-state index in [-0.39, 0.29) is 26.9 Å². The highest BCUT2D eigenvalue weighted by atomic mass is 79.9. The van der Waals surface area contributed by atoms with Gasteiger partial charge in [0.05, 0.1) is 10.0 Å². The third kappa shape index (κ3) is 3.84. The topological polar surface area (TPSA) is 46.2 Å². The summed E-state index contributed by atoms with van der Waals surface area (Å²) in [5.41, 5.74) is 0. The Morgan fingerprint density at radius 3 is 2.00 bits per heavy atom. The van der Waals surface area contributed by atoms with Crippen molar-refractivity contribution in [2.75, 3.05) is 0 Å². The molecular weight excluding hydrogens is 361 g/mol. The molecule has 7 heteroatoms. The van der Waals surface area contributed by atoms with Crippen molar-refractivity contribution in [1.29, 1.82) is 0 Å². The van der Waals surface area contributed by atoms with Gasteiger partial charge in [-0.15, -0.1) is 0 Å². The van der Waals surface area contributed by atoms with E-state index >= 15 is 0 Å². The van der Waals surface area contributed by atoms with E-state index in [1.165, 1.54) is 12.1 Å². The van der Waals surface area contributed by atoms with Gasteiger partial charge in [-0.05, 0) is 25.0 Å². The van der Waals surface area contributed by atoms with Gasteiger partial charge in [-0.1, -0.05) is 53.0 Å². The van der Waals surface area contributed by atoms with Gasteiger partial charge in [-0.3, -0.25) is 0 Å². The third-order valence-corrected chi connectivity index (χ3v) is 5.51. The summed E-state index contributed by atoms with van der Waals surface area (Å²) in [7, 11) is -3.72. The normalized spacial score (nSPS) is 13.9. The Kier molecular flexibility index (Phi) is 5.50. The van der Waals surface area contributed by atoms with Crippen molar-refractivity contribution < 1.29 is 8.42 Å². The number of nitrogens with one attached hydrogen (secondary N) is 1. The molecule has 1 unspecified atom stereocenters. The van der Waals surface area contributed by atoms with Crippen LogP contribution in [0.3, 0.4) is 0 Å². The van der Waals surface area contributed by atoms with Crippen molar-refractivity contribution >= 4 is 49.2 Å². The molecule has 0 spiro atoms. The average Bonchev–Trinajstić information content (AvgIpc) is 2.13. The highest BCUT2D eigenvalue weighted by Gasteiger charge is 2.25. The molecule has 0 aliphatic heterocycles. The molecule has 0 fully saturated rings. The molecule has 1 N–H and O–H groups in total. The molecule has 1 rings (SSSR count). The second kappa shape index (κ2) is 6.09. The van der Waals surface area contributed by atoms with Crippen LogP contribution in [0.25, 0.3) is 0 Å². The van der Waals surface area contributed by atoms with E-state index in [0.717, 1.165) is 0 Å². The fourth-order valence-corrected chi connectivity index (χ4v) is 4.55. The lowest BCUT2D eigenvalue weighted by Gasteiger charge is -2.18. The fourth-order valence-electron chi connectivity index (χ4n) is 1.23. The molecule has 18 heavy (non-hydrogen) atoms. The number of hydrogen-bond acceptors (Lipinski definition) is 2. The predicted molar refractivity (Wildman–Crippen MR) is 78.8 cm³/mol. The molecule has 102 valence electrons. The summed E-state index contributed by atoms with van der Waals surface area (Å²) in [5, 5.41) is 0.190. The van der Waals surface area contributed by atoms with Gasteiger partial charge in [-0.2, -0.15) is 0 Å². The molecule has 3 nitrogen and oxygen atoms in total. The Morgan fingerprint density at radius 1 is 1.17 bits per heavy atom. The summed E-state index contributed by atoms with van der Waals surface area (Å²) < 4.78 is 27.6. The number of halogens is 3. The number of benzene rings is 1. The van der Waals surface area contributed by atoms with Crippen molar-refractivity contribution in [3.8, 4) is 0 Å². The summed E-state index contributed by atoms with van der Waals surface area (Å²) in [6.45, 7) is 5.65. The van der Waals surface area contributed by atoms with Crippen molar-refractivity contribution in [3.63, 3.8) is 0 Å². The number of hydrogen-bond donors (Lipinski definition) is 1. The highest BCUT2D eigenvalue weighted by Crippen LogP contribution is 2.32. The van der Waals surface area contributed by atoms with E-state index in [4.69, 9.17) is 23.2 Å². The maximum absolute atomic E-state index is 12.2. The number of rotatable bonds is 4. The maximum atomic E-state index is 12.2. The Balaban J connectivity index is 3.21. The highest BCUT2D eigenvalue weighted by molar-refractivity contribution is 9.10. The quantitative estimate of drug-likeness (QED) is 0.862. The number of sulfonamides is 1. The molecule has 0 heterocycles. The molecule has 0 aromatic heterocycles. The molecular formula is C11H14BrCl2NO2S. The molecule has 0 aliphatic rings. The zero-order valence-electron chi connectivity index (χ0n) is 10.2. The van der Waals surface area contributed by atoms with E-state index in [2.05, 4.69) is 20.7 Å². The molecule has 0 bridgehead atoms. The summed E-state index contributed by atoms with van der Waals surface area (Å²) in [6.07, 6.45) is 0. The standard InChI is InChI=1S/C11H14BrCl2NO2S/c1-6(2)7(3)15-18(16,17)11-9(13)4-8(12)5-10(11)14/h4-7,15H,1-3H3. The van der Waals surface area contributed by atoms with Gasteiger partial charge >= 0.3 is 0 Å². The van der Waals surface area contributed by atoms with Crippen LogP contribution in [0.1, 0.15) is 20.8 Å². The van der Waals surface area contributed by atoms with Gasteiger partial charge in [0.25, 0.3) is 0 Å². The van der Waals surface area contributed by atoms with E-state index in [1.54, 1.807) is 6.92 Å². The van der Waals surface area contributed by atoms with Crippen LogP contribution < -0.4 is 4.72 Å². The summed E-state index contributed by atoms with van der Waals surface area (Å²) in [5.74, 6) is 0.174. The summed E-state index contributed by atoms with van der Waals surface area (Å²) in [4.78, 5) is -0.0819. The second-order valence-electron chi connectivity index (χ2n) is 4.35. The van der Waals surface area contributed by atoms with Gasteiger partial charge in [0.15, 0.2) is 0 Å². The molecule has 1 atom stereocenters. The first-order valence-electron chi connectivity index (χ1n) is 5.32. The van der Waals surface area contributed by atoms with E-state index in [1.807, 2.05) is 13.8 Å². The monoisotopic (exact) mass is 373 g/mol. The molecule has 0 amide bonds. The summed E-state index contributed by atoms with van der Waals surface area (Å²) >= 11 is 15.1. The van der Waals surface area contributed by atoms with Gasteiger partial charge < -0.3 is 0 Å². The van der Waals surface area contributed by atoms with Gasteiger partial charge in [-0.25, -0.2) is 13.1 Å². The Labute approximate surface area is 126 Å². The minimum absolute atomic E-state index is 0.0819. The first kappa shape index (κ1) is 16.2. The van der Waals surface area contributed by atoms with E-state index in [0.29, 0.717) is 4.47 Å². The minimum Gasteiger partial charge on any atom is -0.208 e. The predicted octanol–water partition coefficient (Wildman–Crippen LogP) is 4.08. The van der Waals surface area contributed by atoms with Crippen LogP contribution in [0.5, 0.6) is 0 Å². The lowest BCUT2D eigenvalue weighted by Crippen LogP contribution is -2.36. The first-order valence-corrected chi connectivity index (χ1v) is 8.35. The Morgan fingerprint density at radius 2 is 1.61 bits per heavy atom. The van der Waals surface area contributed by atoms with Crippen molar-refractivity contribution in [3.05, 3.63) is 26.7 Å². The van der Waals surface area contributed by atoms with E-state index < -0.39 is 10.0 Å². The van der Waals surface area contributed by atoms with Crippen molar-refractivity contribution in [2.45, 2.75) is 31.7 Å². The third-order valence-electron chi connectivity index (χ3n) is 2.57. The van der Waals surface area contributed by atoms with Crippen LogP contribution in [0.15, 0.2) is 21.5 Å². The van der Waals surface area contributed by atoms with Crippen LogP contribution in [0.2, 0.25) is 10.0 Å². The molecule has 1 aromatic rings. The Hall–Kier alpha value is 0.190. The van der Waals surface area contributed by atoms with Crippen molar-refractivity contribution in [1.82, 2.24) is 4.72 Å². The average molecular weight is 375 g/mol. The molecule has 0 aliphatic carbocycles. The fraction of sp³-hybridized carbons (Fsp3) is 0.455. The zero-order valence-corrected chi connectivity index (χ0v) is 14.1. The van der Waals surface area contributed by atoms with Crippen LogP contribution in [0.4, 0.5) is 0 Å². The minimum atomic E-state index is -3.72. The SMILES string of the molecule is CC(C)C(C)NS(=O)(=O)c1c(Cl)cc(Br)cc1Cl. The largest absolute Gasteiger partial charge is 0.243 e. The maximum Gasteiger partial charge on any atom is 0.243 e. The molecule has 0 radical (unpaired) electrons. The second-order valence-corrected chi connectivity index (χ2v) is 7.73. The van der Waals surface area contributed by atoms with Crippen LogP contribution in [0, 0.1) is 5.92 Å². The molecule has 0 saturated carbocycles. The Bertz CT molecular complexity index is 523. The lowest BCUT2D eigenvalue weighted by atomic mass is 10.1. The van der Waals surface area contributed by atoms with Gasteiger partial charge in [0, 0.05) is 10.5 Å². The van der Waals surface area contributed by atoms with Gasteiger partial charge in [0.2, 0.25) is 10.0 Å². The molecule has 0 saturated heterocycles. The van der Waals surface area contributed by atoms with Crippen LogP contribution in [-0.2, 0) is 10.0 Å². The lowest BCUT2D eigenvalue weighted by molar-refractivity contribution is 0.476. The van der Waals surface area contributed by atoms with Crippen LogP contribution in [-0.4, -0.2) is 14.5 Å². The van der Waals surface area contributed by atoms with Crippen molar-refractivity contribution in [2.24, 2.45) is 5.92 Å². The smallest absolute Gasteiger partial charge is 0.208 e. The van der Waals surface area contributed by atoms with E-state index in [9.17, 15) is 8.42 Å². The summed E-state index contributed by atoms with van der Waals surface area (Å²) in [6, 6.07) is 2.80. The zero-order chi connectivity index (χ0) is 14.1.